The van der Waals surface area contributed by atoms with E-state index >= 15 is 0 Å². The fourth-order valence-corrected chi connectivity index (χ4v) is 0.312. The molecule has 9 heavy (non-hydrogen) atoms. The lowest BCUT2D eigenvalue weighted by molar-refractivity contribution is -0.137. The van der Waals surface area contributed by atoms with Crippen molar-refractivity contribution in [1.29, 1.82) is 0 Å². The second kappa shape index (κ2) is 4.44. The van der Waals surface area contributed by atoms with Crippen molar-refractivity contribution in [2.75, 3.05) is 6.61 Å². The standard InChI is InChI=1S/C6H9O2S/c1-3-6(7)8-4-5(2)9/h3,5,9H,1-2,4H2. The van der Waals surface area contributed by atoms with Gasteiger partial charge in [-0.25, -0.2) is 4.79 Å². The number of hydrogen-bond acceptors (Lipinski definition) is 3. The van der Waals surface area contributed by atoms with Crippen LogP contribution in [-0.2, 0) is 9.53 Å². The predicted molar refractivity (Wildman–Crippen MR) is 39.3 cm³/mol. The topological polar surface area (TPSA) is 26.3 Å². The molecule has 2 nitrogen and oxygen atoms in total. The Balaban J connectivity index is 3.27. The zero-order chi connectivity index (χ0) is 7.28. The molecular weight excluding hydrogens is 136 g/mol. The minimum atomic E-state index is -0.433. The summed E-state index contributed by atoms with van der Waals surface area (Å²) in [7, 11) is 0. The summed E-state index contributed by atoms with van der Waals surface area (Å²) in [6.07, 6.45) is 1.11. The molecule has 0 N–H and O–H groups in total. The highest BCUT2D eigenvalue weighted by molar-refractivity contribution is 7.81. The number of rotatable bonds is 3. The van der Waals surface area contributed by atoms with Crippen LogP contribution in [0.1, 0.15) is 0 Å². The van der Waals surface area contributed by atoms with Gasteiger partial charge in [0.25, 0.3) is 0 Å². The maximum absolute atomic E-state index is 10.3. The fraction of sp³-hybridized carbons (Fsp3) is 0.333. The zero-order valence-corrected chi connectivity index (χ0v) is 5.93. The first-order chi connectivity index (χ1) is 4.16. The summed E-state index contributed by atoms with van der Waals surface area (Å²) in [5.74, 6) is -0.433. The van der Waals surface area contributed by atoms with Crippen LogP contribution in [0.5, 0.6) is 0 Å². The summed E-state index contributed by atoms with van der Waals surface area (Å²) < 4.78 is 4.56. The van der Waals surface area contributed by atoms with Crippen molar-refractivity contribution in [3.8, 4) is 0 Å². The molecule has 0 spiro atoms. The molecule has 0 saturated heterocycles. The van der Waals surface area contributed by atoms with Gasteiger partial charge in [-0.15, -0.1) is 0 Å². The van der Waals surface area contributed by atoms with E-state index in [1.165, 1.54) is 0 Å². The van der Waals surface area contributed by atoms with Crippen molar-refractivity contribution < 1.29 is 9.53 Å². The van der Waals surface area contributed by atoms with Crippen LogP contribution in [0.2, 0.25) is 0 Å². The Morgan fingerprint density at radius 2 is 2.44 bits per heavy atom. The summed E-state index contributed by atoms with van der Waals surface area (Å²) >= 11 is 3.89. The molecule has 0 bridgehead atoms. The van der Waals surface area contributed by atoms with Gasteiger partial charge in [0.15, 0.2) is 0 Å². The fourth-order valence-electron chi connectivity index (χ4n) is 0.237. The smallest absolute Gasteiger partial charge is 0.330 e. The van der Waals surface area contributed by atoms with Crippen LogP contribution in [0.15, 0.2) is 12.7 Å². The Morgan fingerprint density at radius 3 is 2.78 bits per heavy atom. The van der Waals surface area contributed by atoms with Crippen LogP contribution < -0.4 is 0 Å². The van der Waals surface area contributed by atoms with Gasteiger partial charge in [-0.05, 0) is 6.92 Å². The van der Waals surface area contributed by atoms with Crippen LogP contribution in [0.3, 0.4) is 0 Å². The molecule has 0 amide bonds. The number of hydrogen-bond donors (Lipinski definition) is 1. The summed E-state index contributed by atoms with van der Waals surface area (Å²) in [5, 5.41) is -0.158. The van der Waals surface area contributed by atoms with Crippen LogP contribution in [0.25, 0.3) is 0 Å². The van der Waals surface area contributed by atoms with Crippen LogP contribution in [-0.4, -0.2) is 17.8 Å². The Bertz CT molecular complexity index is 110. The van der Waals surface area contributed by atoms with Gasteiger partial charge >= 0.3 is 5.97 Å². The Morgan fingerprint density at radius 1 is 1.89 bits per heavy atom. The zero-order valence-electron chi connectivity index (χ0n) is 5.04. The number of thiol groups is 1. The van der Waals surface area contributed by atoms with Crippen molar-refractivity contribution in [3.63, 3.8) is 0 Å². The summed E-state index contributed by atoms with van der Waals surface area (Å²) in [4.78, 5) is 10.3. The molecule has 1 unspecified atom stereocenters. The van der Waals surface area contributed by atoms with Crippen molar-refractivity contribution in [2.24, 2.45) is 0 Å². The van der Waals surface area contributed by atoms with Gasteiger partial charge < -0.3 is 4.74 Å². The van der Waals surface area contributed by atoms with Crippen molar-refractivity contribution in [3.05, 3.63) is 19.6 Å². The Labute approximate surface area is 60.3 Å². The van der Waals surface area contributed by atoms with E-state index in [1.54, 1.807) is 0 Å². The monoisotopic (exact) mass is 145 g/mol. The molecule has 0 rings (SSSR count). The number of ether oxygens (including phenoxy) is 1. The summed E-state index contributed by atoms with van der Waals surface area (Å²) in [6, 6.07) is 0. The molecule has 0 aromatic carbocycles. The van der Waals surface area contributed by atoms with E-state index in [1.807, 2.05) is 0 Å². The van der Waals surface area contributed by atoms with Gasteiger partial charge in [-0.1, -0.05) is 6.58 Å². The molecule has 1 atom stereocenters. The van der Waals surface area contributed by atoms with E-state index in [0.717, 1.165) is 6.08 Å². The van der Waals surface area contributed by atoms with Gasteiger partial charge in [-0.2, -0.15) is 12.6 Å². The molecular formula is C6H9O2S. The van der Waals surface area contributed by atoms with Gasteiger partial charge in [0, 0.05) is 11.3 Å². The normalized spacial score (nSPS) is 12.2. The summed E-state index contributed by atoms with van der Waals surface area (Å²) in [5.41, 5.74) is 0. The predicted octanol–water partition coefficient (Wildman–Crippen LogP) is 0.848. The highest BCUT2D eigenvalue weighted by Crippen LogP contribution is 1.92. The minimum Gasteiger partial charge on any atom is -0.461 e. The lowest BCUT2D eigenvalue weighted by Crippen LogP contribution is -2.09. The van der Waals surface area contributed by atoms with E-state index in [-0.39, 0.29) is 11.9 Å². The lowest BCUT2D eigenvalue weighted by atomic mass is 10.5. The minimum absolute atomic E-state index is 0.158. The second-order valence-corrected chi connectivity index (χ2v) is 2.22. The molecule has 3 heteroatoms. The molecule has 0 aromatic heterocycles. The third-order valence-electron chi connectivity index (χ3n) is 0.585. The molecule has 1 radical (unpaired) electrons. The Hall–Kier alpha value is -0.440. The van der Waals surface area contributed by atoms with Crippen LogP contribution in [0.4, 0.5) is 0 Å². The number of carbonyl (C=O) groups excluding carboxylic acids is 1. The van der Waals surface area contributed by atoms with Crippen molar-refractivity contribution in [2.45, 2.75) is 5.25 Å². The molecule has 0 aliphatic rings. The highest BCUT2D eigenvalue weighted by Gasteiger charge is 1.97. The number of carbonyl (C=O) groups is 1. The first kappa shape index (κ1) is 8.56. The molecule has 0 aliphatic heterocycles. The molecule has 0 aliphatic carbocycles. The van der Waals surface area contributed by atoms with Gasteiger partial charge in [-0.3, -0.25) is 0 Å². The highest BCUT2D eigenvalue weighted by atomic mass is 32.1. The van der Waals surface area contributed by atoms with E-state index in [2.05, 4.69) is 30.9 Å². The lowest BCUT2D eigenvalue weighted by Gasteiger charge is -2.02. The molecule has 0 aromatic rings. The van der Waals surface area contributed by atoms with E-state index in [4.69, 9.17) is 0 Å². The Kier molecular flexibility index (Phi) is 4.22. The van der Waals surface area contributed by atoms with Gasteiger partial charge in [0.2, 0.25) is 0 Å². The largest absolute Gasteiger partial charge is 0.461 e. The third-order valence-corrected chi connectivity index (χ3v) is 0.734. The van der Waals surface area contributed by atoms with Gasteiger partial charge in [0.1, 0.15) is 6.61 Å². The first-order valence-electron chi connectivity index (χ1n) is 2.47. The number of esters is 1. The van der Waals surface area contributed by atoms with E-state index in [0.29, 0.717) is 0 Å². The molecule has 0 fully saturated rings. The van der Waals surface area contributed by atoms with Crippen LogP contribution in [0, 0.1) is 6.92 Å². The molecule has 0 saturated carbocycles. The van der Waals surface area contributed by atoms with E-state index < -0.39 is 5.97 Å². The quantitative estimate of drug-likeness (QED) is 0.362. The SMILES string of the molecule is [CH2]C(S)COC(=O)C=C. The van der Waals surface area contributed by atoms with Crippen molar-refractivity contribution in [1.82, 2.24) is 0 Å². The second-order valence-electron chi connectivity index (χ2n) is 1.49. The maximum atomic E-state index is 10.3. The van der Waals surface area contributed by atoms with Gasteiger partial charge in [0.05, 0.1) is 0 Å². The van der Waals surface area contributed by atoms with E-state index in [9.17, 15) is 4.79 Å². The van der Waals surface area contributed by atoms with Crippen molar-refractivity contribution >= 4 is 18.6 Å². The maximum Gasteiger partial charge on any atom is 0.330 e. The van der Waals surface area contributed by atoms with Crippen LogP contribution >= 0.6 is 12.6 Å². The molecule has 51 valence electrons. The third kappa shape index (κ3) is 5.43. The summed E-state index contributed by atoms with van der Waals surface area (Å²) in [6.45, 7) is 6.95. The average molecular weight is 145 g/mol. The average Bonchev–Trinajstić information content (AvgIpc) is 1.83. The first-order valence-corrected chi connectivity index (χ1v) is 2.98. The molecule has 0 heterocycles.